The molecule has 1 heterocycles. The highest BCUT2D eigenvalue weighted by molar-refractivity contribution is 5.69. The first-order valence-electron chi connectivity index (χ1n) is 6.57. The zero-order valence-electron chi connectivity index (χ0n) is 11.4. The van der Waals surface area contributed by atoms with E-state index in [0.29, 0.717) is 19.6 Å². The molecule has 108 valence electrons. The van der Waals surface area contributed by atoms with Gasteiger partial charge < -0.3 is 14.7 Å². The molecule has 0 unspecified atom stereocenters. The first-order valence-corrected chi connectivity index (χ1v) is 6.57. The molecule has 0 aromatic heterocycles. The molecule has 6 nitrogen and oxygen atoms in total. The summed E-state index contributed by atoms with van der Waals surface area (Å²) in [6, 6.07) is 0.226. The summed E-state index contributed by atoms with van der Waals surface area (Å²) in [7, 11) is 0. The maximum atomic E-state index is 11.6. The van der Waals surface area contributed by atoms with Crippen LogP contribution in [-0.4, -0.2) is 65.8 Å². The third-order valence-electron chi connectivity index (χ3n) is 3.31. The van der Waals surface area contributed by atoms with Gasteiger partial charge in [-0.25, -0.2) is 4.79 Å². The minimum atomic E-state index is -0.810. The van der Waals surface area contributed by atoms with Crippen LogP contribution < -0.4 is 0 Å². The number of carboxylic acids is 1. The topological polar surface area (TPSA) is 70.1 Å². The molecule has 0 bridgehead atoms. The lowest BCUT2D eigenvalue weighted by Gasteiger charge is -2.36. The predicted octanol–water partition coefficient (Wildman–Crippen LogP) is 1.18. The fraction of sp³-hybridized carbons (Fsp3) is 0.692. The molecule has 1 rings (SSSR count). The zero-order valence-corrected chi connectivity index (χ0v) is 11.4. The van der Waals surface area contributed by atoms with Gasteiger partial charge in [-0.3, -0.25) is 9.69 Å². The second-order valence-electron chi connectivity index (χ2n) is 4.54. The smallest absolute Gasteiger partial charge is 0.410 e. The third kappa shape index (κ3) is 4.90. The first kappa shape index (κ1) is 15.5. The van der Waals surface area contributed by atoms with Crippen molar-refractivity contribution in [3.8, 4) is 0 Å². The number of amides is 1. The number of ether oxygens (including phenoxy) is 1. The molecule has 0 aromatic rings. The van der Waals surface area contributed by atoms with Gasteiger partial charge in [-0.15, -0.1) is 0 Å². The lowest BCUT2D eigenvalue weighted by Crippen LogP contribution is -2.48. The summed E-state index contributed by atoms with van der Waals surface area (Å²) in [4.78, 5) is 26.0. The van der Waals surface area contributed by atoms with Gasteiger partial charge in [0.15, 0.2) is 0 Å². The fourth-order valence-electron chi connectivity index (χ4n) is 2.31. The van der Waals surface area contributed by atoms with Crippen molar-refractivity contribution < 1.29 is 19.4 Å². The summed E-state index contributed by atoms with van der Waals surface area (Å²) in [6.07, 6.45) is 2.78. The molecule has 1 amide bonds. The Morgan fingerprint density at radius 3 is 2.58 bits per heavy atom. The van der Waals surface area contributed by atoms with Gasteiger partial charge in [-0.1, -0.05) is 19.6 Å². The van der Waals surface area contributed by atoms with Crippen molar-refractivity contribution >= 4 is 12.1 Å². The highest BCUT2D eigenvalue weighted by atomic mass is 16.6. The van der Waals surface area contributed by atoms with Crippen LogP contribution in [-0.2, 0) is 9.53 Å². The van der Waals surface area contributed by atoms with Crippen molar-refractivity contribution in [2.24, 2.45) is 0 Å². The molecule has 1 aliphatic rings. The van der Waals surface area contributed by atoms with E-state index in [1.54, 1.807) is 4.90 Å². The molecule has 0 spiro atoms. The maximum absolute atomic E-state index is 11.6. The quantitative estimate of drug-likeness (QED) is 0.734. The summed E-state index contributed by atoms with van der Waals surface area (Å²) in [5, 5.41) is 8.85. The van der Waals surface area contributed by atoms with Gasteiger partial charge >= 0.3 is 12.1 Å². The molecule has 0 radical (unpaired) electrons. The van der Waals surface area contributed by atoms with Crippen molar-refractivity contribution in [2.75, 3.05) is 32.8 Å². The number of likely N-dealkylation sites (N-methyl/N-ethyl adjacent to an activating group) is 1. The SMILES string of the molecule is C=CCOC(=O)N1CCC(N(CC)CC(=O)O)CC1. The Balaban J connectivity index is 2.40. The Morgan fingerprint density at radius 2 is 2.11 bits per heavy atom. The van der Waals surface area contributed by atoms with Crippen LogP contribution in [0.3, 0.4) is 0 Å². The Morgan fingerprint density at radius 1 is 1.47 bits per heavy atom. The minimum Gasteiger partial charge on any atom is -0.480 e. The average molecular weight is 270 g/mol. The van der Waals surface area contributed by atoms with Crippen LogP contribution in [0.5, 0.6) is 0 Å². The van der Waals surface area contributed by atoms with Crippen molar-refractivity contribution in [3.63, 3.8) is 0 Å². The second kappa shape index (κ2) is 7.78. The summed E-state index contributed by atoms with van der Waals surface area (Å²) in [6.45, 7) is 7.65. The minimum absolute atomic E-state index is 0.0576. The number of carboxylic acid groups (broad SMARTS) is 1. The summed E-state index contributed by atoms with van der Waals surface area (Å²) in [5.74, 6) is -0.810. The zero-order chi connectivity index (χ0) is 14.3. The fourth-order valence-corrected chi connectivity index (χ4v) is 2.31. The Kier molecular flexibility index (Phi) is 6.35. The van der Waals surface area contributed by atoms with E-state index in [0.717, 1.165) is 12.8 Å². The lowest BCUT2D eigenvalue weighted by atomic mass is 10.0. The second-order valence-corrected chi connectivity index (χ2v) is 4.54. The number of likely N-dealkylation sites (tertiary alicyclic amines) is 1. The standard InChI is InChI=1S/C13H22N2O4/c1-3-9-19-13(18)15-7-5-11(6-8-15)14(4-2)10-12(16)17/h3,11H,1,4-10H2,2H3,(H,16,17). The maximum Gasteiger partial charge on any atom is 0.410 e. The Hall–Kier alpha value is -1.56. The van der Waals surface area contributed by atoms with Crippen molar-refractivity contribution in [2.45, 2.75) is 25.8 Å². The molecule has 6 heteroatoms. The number of aliphatic carboxylic acids is 1. The van der Waals surface area contributed by atoms with Gasteiger partial charge in [0.25, 0.3) is 0 Å². The third-order valence-corrected chi connectivity index (χ3v) is 3.31. The molecule has 1 saturated heterocycles. The van der Waals surface area contributed by atoms with Gasteiger partial charge in [0.05, 0.1) is 6.54 Å². The molecule has 1 aliphatic heterocycles. The van der Waals surface area contributed by atoms with E-state index in [2.05, 4.69) is 6.58 Å². The normalized spacial score (nSPS) is 16.4. The predicted molar refractivity (Wildman–Crippen MR) is 71.0 cm³/mol. The Bertz CT molecular complexity index is 325. The van der Waals surface area contributed by atoms with Gasteiger partial charge in [-0.2, -0.15) is 0 Å². The average Bonchev–Trinajstić information content (AvgIpc) is 2.42. The van der Waals surface area contributed by atoms with Crippen LogP contribution in [0.25, 0.3) is 0 Å². The van der Waals surface area contributed by atoms with E-state index >= 15 is 0 Å². The van der Waals surface area contributed by atoms with Crippen molar-refractivity contribution in [3.05, 3.63) is 12.7 Å². The number of piperidine rings is 1. The number of nitrogens with zero attached hydrogens (tertiary/aromatic N) is 2. The van der Waals surface area contributed by atoms with Crippen molar-refractivity contribution in [1.82, 2.24) is 9.80 Å². The van der Waals surface area contributed by atoms with Crippen molar-refractivity contribution in [1.29, 1.82) is 0 Å². The first-order chi connectivity index (χ1) is 9.08. The van der Waals surface area contributed by atoms with Gasteiger partial charge in [0.2, 0.25) is 0 Å². The number of carbonyl (C=O) groups is 2. The highest BCUT2D eigenvalue weighted by Crippen LogP contribution is 2.17. The number of rotatable bonds is 6. The van der Waals surface area contributed by atoms with E-state index in [1.165, 1.54) is 6.08 Å². The highest BCUT2D eigenvalue weighted by Gasteiger charge is 2.27. The van der Waals surface area contributed by atoms with Crippen LogP contribution in [0, 0.1) is 0 Å². The number of hydrogen-bond acceptors (Lipinski definition) is 4. The van der Waals surface area contributed by atoms with E-state index < -0.39 is 5.97 Å². The van der Waals surface area contributed by atoms with E-state index in [-0.39, 0.29) is 25.3 Å². The summed E-state index contributed by atoms with van der Waals surface area (Å²) < 4.78 is 4.98. The molecular weight excluding hydrogens is 248 g/mol. The van der Waals surface area contributed by atoms with Gasteiger partial charge in [0.1, 0.15) is 6.61 Å². The largest absolute Gasteiger partial charge is 0.480 e. The molecule has 0 saturated carbocycles. The van der Waals surface area contributed by atoms with E-state index in [9.17, 15) is 9.59 Å². The van der Waals surface area contributed by atoms with E-state index in [4.69, 9.17) is 9.84 Å². The number of carbonyl (C=O) groups excluding carboxylic acids is 1. The van der Waals surface area contributed by atoms with Crippen LogP contribution in [0.2, 0.25) is 0 Å². The van der Waals surface area contributed by atoms with Gasteiger partial charge in [-0.05, 0) is 19.4 Å². The molecule has 19 heavy (non-hydrogen) atoms. The molecular formula is C13H22N2O4. The molecule has 0 atom stereocenters. The molecule has 0 aromatic carbocycles. The Labute approximate surface area is 113 Å². The summed E-state index contributed by atoms with van der Waals surface area (Å²) >= 11 is 0. The molecule has 1 fully saturated rings. The van der Waals surface area contributed by atoms with Crippen LogP contribution >= 0.6 is 0 Å². The van der Waals surface area contributed by atoms with Crippen LogP contribution in [0.1, 0.15) is 19.8 Å². The van der Waals surface area contributed by atoms with Crippen LogP contribution in [0.15, 0.2) is 12.7 Å². The summed E-state index contributed by atoms with van der Waals surface area (Å²) in [5.41, 5.74) is 0. The van der Waals surface area contributed by atoms with Gasteiger partial charge in [0, 0.05) is 19.1 Å². The van der Waals surface area contributed by atoms with E-state index in [1.807, 2.05) is 11.8 Å². The monoisotopic (exact) mass is 270 g/mol. The number of hydrogen-bond donors (Lipinski definition) is 1. The lowest BCUT2D eigenvalue weighted by molar-refractivity contribution is -0.139. The molecule has 0 aliphatic carbocycles. The molecule has 1 N–H and O–H groups in total. The van der Waals surface area contributed by atoms with Crippen LogP contribution in [0.4, 0.5) is 4.79 Å².